The molecule has 0 saturated heterocycles. The van der Waals surface area contributed by atoms with E-state index in [4.69, 9.17) is 15.2 Å². The molecule has 0 spiro atoms. The fourth-order valence-electron chi connectivity index (χ4n) is 1.84. The van der Waals surface area contributed by atoms with E-state index in [2.05, 4.69) is 16.6 Å². The number of thioether (sulfide) groups is 1. The summed E-state index contributed by atoms with van der Waals surface area (Å²) in [5, 5.41) is 3.07. The van der Waals surface area contributed by atoms with Crippen molar-refractivity contribution >= 4 is 47.4 Å². The average molecular weight is 423 g/mol. The number of hydrogen-bond acceptors (Lipinski definition) is 4. The lowest BCUT2D eigenvalue weighted by atomic mass is 10.3. The van der Waals surface area contributed by atoms with Crippen LogP contribution in [0.4, 0.5) is 5.69 Å². The third-order valence-electron chi connectivity index (χ3n) is 2.81. The molecule has 118 valence electrons. The standard InChI is InChI=1S/C14H21N3O2S.HI/c1-20-9-2-6-16-14(15)17-11-4-5-12-13(10-11)19-8-3-7-18-12;/h4-5,10H,2-3,6-9H2,1H3,(H3,15,16,17);1H. The maximum atomic E-state index is 5.85. The maximum Gasteiger partial charge on any atom is 0.193 e. The average Bonchev–Trinajstić information content (AvgIpc) is 2.68. The molecule has 0 atom stereocenters. The molecule has 1 aromatic rings. The van der Waals surface area contributed by atoms with E-state index in [0.29, 0.717) is 19.2 Å². The first-order chi connectivity index (χ1) is 9.79. The highest BCUT2D eigenvalue weighted by molar-refractivity contribution is 14.0. The summed E-state index contributed by atoms with van der Waals surface area (Å²) in [6.07, 6.45) is 4.02. The molecular formula is C14H22IN3O2S. The van der Waals surface area contributed by atoms with E-state index < -0.39 is 0 Å². The van der Waals surface area contributed by atoms with Crippen molar-refractivity contribution in [1.82, 2.24) is 0 Å². The van der Waals surface area contributed by atoms with Crippen LogP contribution in [0.5, 0.6) is 11.5 Å². The number of nitrogens with zero attached hydrogens (tertiary/aromatic N) is 1. The molecule has 7 heteroatoms. The molecule has 3 N–H and O–H groups in total. The first kappa shape index (κ1) is 18.2. The molecule has 0 bridgehead atoms. The number of anilines is 1. The molecule has 1 aliphatic rings. The second-order valence-electron chi connectivity index (χ2n) is 4.45. The summed E-state index contributed by atoms with van der Waals surface area (Å²) in [6, 6.07) is 5.70. The molecule has 0 saturated carbocycles. The molecule has 0 aromatic heterocycles. The third-order valence-corrected chi connectivity index (χ3v) is 3.51. The first-order valence-electron chi connectivity index (χ1n) is 6.75. The minimum atomic E-state index is 0. The van der Waals surface area contributed by atoms with Crippen LogP contribution in [0, 0.1) is 0 Å². The van der Waals surface area contributed by atoms with Gasteiger partial charge in [-0.3, -0.25) is 4.99 Å². The van der Waals surface area contributed by atoms with Gasteiger partial charge in [0.25, 0.3) is 0 Å². The zero-order valence-corrected chi connectivity index (χ0v) is 15.3. The van der Waals surface area contributed by atoms with Crippen LogP contribution in [-0.4, -0.2) is 37.7 Å². The van der Waals surface area contributed by atoms with E-state index in [9.17, 15) is 0 Å². The first-order valence-corrected chi connectivity index (χ1v) is 8.14. The van der Waals surface area contributed by atoms with E-state index in [0.717, 1.165) is 42.3 Å². The molecule has 0 aliphatic carbocycles. The number of nitrogens with one attached hydrogen (secondary N) is 1. The Morgan fingerprint density at radius 3 is 2.86 bits per heavy atom. The van der Waals surface area contributed by atoms with Crippen LogP contribution in [0.2, 0.25) is 0 Å². The van der Waals surface area contributed by atoms with E-state index in [1.165, 1.54) is 0 Å². The van der Waals surface area contributed by atoms with Gasteiger partial charge in [0, 0.05) is 24.7 Å². The molecule has 0 radical (unpaired) electrons. The van der Waals surface area contributed by atoms with Crippen LogP contribution >= 0.6 is 35.7 Å². The van der Waals surface area contributed by atoms with Crippen molar-refractivity contribution in [3.8, 4) is 11.5 Å². The molecule has 0 fully saturated rings. The number of nitrogens with two attached hydrogens (primary N) is 1. The fourth-order valence-corrected chi connectivity index (χ4v) is 2.25. The zero-order valence-electron chi connectivity index (χ0n) is 12.1. The summed E-state index contributed by atoms with van der Waals surface area (Å²) in [5.74, 6) is 3.06. The van der Waals surface area contributed by atoms with Crippen LogP contribution in [0.3, 0.4) is 0 Å². The lowest BCUT2D eigenvalue weighted by Gasteiger charge is -2.10. The van der Waals surface area contributed by atoms with Crippen molar-refractivity contribution in [3.63, 3.8) is 0 Å². The smallest absolute Gasteiger partial charge is 0.193 e. The van der Waals surface area contributed by atoms with Crippen molar-refractivity contribution in [2.45, 2.75) is 12.8 Å². The number of halogens is 1. The predicted octanol–water partition coefficient (Wildman–Crippen LogP) is 2.95. The molecule has 2 rings (SSSR count). The van der Waals surface area contributed by atoms with Crippen LogP contribution in [-0.2, 0) is 0 Å². The molecule has 1 aromatic carbocycles. The Morgan fingerprint density at radius 2 is 2.10 bits per heavy atom. The molecule has 5 nitrogen and oxygen atoms in total. The van der Waals surface area contributed by atoms with Crippen LogP contribution < -0.4 is 20.5 Å². The Kier molecular flexibility index (Phi) is 8.67. The van der Waals surface area contributed by atoms with Gasteiger partial charge in [0.05, 0.1) is 13.2 Å². The molecule has 0 unspecified atom stereocenters. The minimum Gasteiger partial charge on any atom is -0.490 e. The molecule has 21 heavy (non-hydrogen) atoms. The Hall–Kier alpha value is -0.830. The van der Waals surface area contributed by atoms with Crippen LogP contribution in [0.1, 0.15) is 12.8 Å². The topological polar surface area (TPSA) is 68.9 Å². The highest BCUT2D eigenvalue weighted by Gasteiger charge is 2.10. The van der Waals surface area contributed by atoms with Crippen LogP contribution in [0.25, 0.3) is 0 Å². The highest BCUT2D eigenvalue weighted by Crippen LogP contribution is 2.32. The van der Waals surface area contributed by atoms with Gasteiger partial charge in [-0.2, -0.15) is 11.8 Å². The molecule has 1 aliphatic heterocycles. The second-order valence-corrected chi connectivity index (χ2v) is 5.44. The van der Waals surface area contributed by atoms with Crippen molar-refractivity contribution in [2.75, 3.05) is 37.1 Å². The number of aliphatic imine (C=N–C) groups is 1. The van der Waals surface area contributed by atoms with Gasteiger partial charge in [-0.05, 0) is 30.6 Å². The Balaban J connectivity index is 0.00000220. The predicted molar refractivity (Wildman–Crippen MR) is 101 cm³/mol. The third kappa shape index (κ3) is 6.21. The van der Waals surface area contributed by atoms with Gasteiger partial charge < -0.3 is 20.5 Å². The zero-order chi connectivity index (χ0) is 14.2. The van der Waals surface area contributed by atoms with E-state index in [-0.39, 0.29) is 24.0 Å². The number of guanidine groups is 1. The Bertz CT molecular complexity index is 472. The van der Waals surface area contributed by atoms with Crippen molar-refractivity contribution in [3.05, 3.63) is 18.2 Å². The number of benzene rings is 1. The van der Waals surface area contributed by atoms with Gasteiger partial charge in [-0.1, -0.05) is 0 Å². The summed E-state index contributed by atoms with van der Waals surface area (Å²) >= 11 is 1.81. The van der Waals surface area contributed by atoms with E-state index in [1.54, 1.807) is 0 Å². The summed E-state index contributed by atoms with van der Waals surface area (Å²) in [5.41, 5.74) is 6.72. The Labute approximate surface area is 147 Å². The minimum absolute atomic E-state index is 0. The van der Waals surface area contributed by atoms with E-state index in [1.807, 2.05) is 30.0 Å². The second kappa shape index (κ2) is 9.99. The van der Waals surface area contributed by atoms with Crippen molar-refractivity contribution in [2.24, 2.45) is 10.7 Å². The van der Waals surface area contributed by atoms with E-state index >= 15 is 0 Å². The van der Waals surface area contributed by atoms with Gasteiger partial charge in [-0.25, -0.2) is 0 Å². The lowest BCUT2D eigenvalue weighted by molar-refractivity contribution is 0.297. The molecule has 1 heterocycles. The van der Waals surface area contributed by atoms with Gasteiger partial charge in [0.2, 0.25) is 0 Å². The maximum absolute atomic E-state index is 5.85. The lowest BCUT2D eigenvalue weighted by Crippen LogP contribution is -2.22. The summed E-state index contributed by atoms with van der Waals surface area (Å²) in [4.78, 5) is 4.29. The monoisotopic (exact) mass is 423 g/mol. The highest BCUT2D eigenvalue weighted by atomic mass is 127. The number of fused-ring (bicyclic) bond motifs is 1. The number of hydrogen-bond donors (Lipinski definition) is 2. The van der Waals surface area contributed by atoms with Gasteiger partial charge >= 0.3 is 0 Å². The van der Waals surface area contributed by atoms with Crippen molar-refractivity contribution in [1.29, 1.82) is 0 Å². The summed E-state index contributed by atoms with van der Waals surface area (Å²) in [7, 11) is 0. The summed E-state index contributed by atoms with van der Waals surface area (Å²) < 4.78 is 11.2. The largest absolute Gasteiger partial charge is 0.490 e. The quantitative estimate of drug-likeness (QED) is 0.330. The number of rotatable bonds is 5. The normalized spacial score (nSPS) is 14.0. The van der Waals surface area contributed by atoms with Gasteiger partial charge in [0.15, 0.2) is 17.5 Å². The summed E-state index contributed by atoms with van der Waals surface area (Å²) in [6.45, 7) is 2.11. The number of ether oxygens (including phenoxy) is 2. The molecular weight excluding hydrogens is 401 g/mol. The van der Waals surface area contributed by atoms with Gasteiger partial charge in [0.1, 0.15) is 0 Å². The van der Waals surface area contributed by atoms with Crippen molar-refractivity contribution < 1.29 is 9.47 Å². The van der Waals surface area contributed by atoms with Gasteiger partial charge in [-0.15, -0.1) is 24.0 Å². The SMILES string of the molecule is CSCCCN=C(N)Nc1ccc2c(c1)OCCCO2.I. The van der Waals surface area contributed by atoms with Crippen LogP contribution in [0.15, 0.2) is 23.2 Å². The fraction of sp³-hybridized carbons (Fsp3) is 0.500. The molecule has 0 amide bonds. The Morgan fingerprint density at radius 1 is 1.33 bits per heavy atom.